The van der Waals surface area contributed by atoms with Crippen LogP contribution in [0.15, 0.2) is 54.6 Å². The number of hydrogen-bond donors (Lipinski definition) is 2. The second-order valence-electron chi connectivity index (χ2n) is 6.31. The van der Waals surface area contributed by atoms with Crippen molar-refractivity contribution in [3.63, 3.8) is 0 Å². The van der Waals surface area contributed by atoms with Crippen molar-refractivity contribution in [1.29, 1.82) is 0 Å². The molecule has 2 unspecified atom stereocenters. The zero-order chi connectivity index (χ0) is 14.1. The van der Waals surface area contributed by atoms with Gasteiger partial charge in [0.05, 0.1) is 0 Å². The molecule has 21 heavy (non-hydrogen) atoms. The van der Waals surface area contributed by atoms with Crippen molar-refractivity contribution in [2.24, 2.45) is 17.8 Å². The molecule has 2 nitrogen and oxygen atoms in total. The van der Waals surface area contributed by atoms with E-state index in [0.717, 1.165) is 24.3 Å². The van der Waals surface area contributed by atoms with Gasteiger partial charge in [0, 0.05) is 12.2 Å². The molecule has 1 aliphatic carbocycles. The lowest BCUT2D eigenvalue weighted by atomic mass is 10.1. The molecule has 1 saturated carbocycles. The summed E-state index contributed by atoms with van der Waals surface area (Å²) in [4.78, 5) is 0. The van der Waals surface area contributed by atoms with E-state index in [-0.39, 0.29) is 0 Å². The number of anilines is 1. The molecular formula is C19H22N2. The van der Waals surface area contributed by atoms with Crippen LogP contribution in [0.2, 0.25) is 0 Å². The Hall–Kier alpha value is -1.80. The normalized spacial score (nSPS) is 26.4. The number of piperidine rings is 1. The Morgan fingerprint density at radius 3 is 2.48 bits per heavy atom. The Morgan fingerprint density at radius 2 is 1.67 bits per heavy atom. The number of fused-ring (bicyclic) bond motifs is 1. The van der Waals surface area contributed by atoms with Crippen LogP contribution in [0.25, 0.3) is 11.1 Å². The molecule has 2 aromatic carbocycles. The summed E-state index contributed by atoms with van der Waals surface area (Å²) in [6, 6.07) is 19.3. The summed E-state index contributed by atoms with van der Waals surface area (Å²) >= 11 is 0. The molecule has 2 N–H and O–H groups in total. The highest BCUT2D eigenvalue weighted by molar-refractivity contribution is 5.67. The van der Waals surface area contributed by atoms with E-state index in [1.807, 2.05) is 0 Å². The highest BCUT2D eigenvalue weighted by Gasteiger charge is 2.51. The average molecular weight is 278 g/mol. The third-order valence-corrected chi connectivity index (χ3v) is 5.05. The average Bonchev–Trinajstić information content (AvgIpc) is 2.97. The van der Waals surface area contributed by atoms with Crippen LogP contribution in [-0.2, 0) is 0 Å². The third-order valence-electron chi connectivity index (χ3n) is 5.05. The van der Waals surface area contributed by atoms with Crippen molar-refractivity contribution in [3.8, 4) is 11.1 Å². The summed E-state index contributed by atoms with van der Waals surface area (Å²) in [5, 5.41) is 7.06. The molecule has 1 aliphatic heterocycles. The summed E-state index contributed by atoms with van der Waals surface area (Å²) < 4.78 is 0. The molecule has 0 bridgehead atoms. The second-order valence-corrected chi connectivity index (χ2v) is 6.31. The van der Waals surface area contributed by atoms with E-state index >= 15 is 0 Å². The van der Waals surface area contributed by atoms with Gasteiger partial charge in [-0.05, 0) is 60.5 Å². The highest BCUT2D eigenvalue weighted by Crippen LogP contribution is 2.50. The molecule has 2 heteroatoms. The largest absolute Gasteiger partial charge is 0.385 e. The quantitative estimate of drug-likeness (QED) is 0.873. The van der Waals surface area contributed by atoms with E-state index in [2.05, 4.69) is 65.2 Å². The molecule has 2 fully saturated rings. The van der Waals surface area contributed by atoms with Gasteiger partial charge in [0.15, 0.2) is 0 Å². The summed E-state index contributed by atoms with van der Waals surface area (Å²) in [6.45, 7) is 3.59. The lowest BCUT2D eigenvalue weighted by Gasteiger charge is -2.09. The van der Waals surface area contributed by atoms with Gasteiger partial charge in [-0.15, -0.1) is 0 Å². The van der Waals surface area contributed by atoms with Crippen LogP contribution >= 0.6 is 0 Å². The molecular weight excluding hydrogens is 256 g/mol. The SMILES string of the molecule is c1ccc(-c2cccc(NCCC3C4CNCC34)c2)cc1. The first-order valence-corrected chi connectivity index (χ1v) is 8.02. The van der Waals surface area contributed by atoms with E-state index < -0.39 is 0 Å². The topological polar surface area (TPSA) is 24.1 Å². The maximum absolute atomic E-state index is 3.60. The molecule has 0 radical (unpaired) electrons. The smallest absolute Gasteiger partial charge is 0.0346 e. The fourth-order valence-electron chi connectivity index (χ4n) is 3.80. The van der Waals surface area contributed by atoms with Crippen LogP contribution in [0.1, 0.15) is 6.42 Å². The fraction of sp³-hybridized carbons (Fsp3) is 0.368. The Labute approximate surface area is 126 Å². The minimum absolute atomic E-state index is 0.969. The van der Waals surface area contributed by atoms with Gasteiger partial charge < -0.3 is 10.6 Å². The first-order chi connectivity index (χ1) is 10.4. The van der Waals surface area contributed by atoms with Gasteiger partial charge in [-0.2, -0.15) is 0 Å². The van der Waals surface area contributed by atoms with Gasteiger partial charge in [-0.3, -0.25) is 0 Å². The molecule has 1 heterocycles. The lowest BCUT2D eigenvalue weighted by Crippen LogP contribution is -2.16. The predicted octanol–water partition coefficient (Wildman–Crippen LogP) is 3.62. The van der Waals surface area contributed by atoms with Gasteiger partial charge in [0.25, 0.3) is 0 Å². The van der Waals surface area contributed by atoms with E-state index in [0.29, 0.717) is 0 Å². The molecule has 1 saturated heterocycles. The first kappa shape index (κ1) is 12.9. The summed E-state index contributed by atoms with van der Waals surface area (Å²) in [7, 11) is 0. The molecule has 0 amide bonds. The van der Waals surface area contributed by atoms with Gasteiger partial charge >= 0.3 is 0 Å². The van der Waals surface area contributed by atoms with Crippen molar-refractivity contribution in [2.75, 3.05) is 25.0 Å². The predicted molar refractivity (Wildman–Crippen MR) is 88.3 cm³/mol. The Balaban J connectivity index is 1.35. The van der Waals surface area contributed by atoms with Crippen LogP contribution in [0.4, 0.5) is 5.69 Å². The van der Waals surface area contributed by atoms with Gasteiger partial charge in [0.2, 0.25) is 0 Å². The Morgan fingerprint density at radius 1 is 0.905 bits per heavy atom. The molecule has 108 valence electrons. The zero-order valence-electron chi connectivity index (χ0n) is 12.3. The minimum atomic E-state index is 0.969. The van der Waals surface area contributed by atoms with Crippen LogP contribution < -0.4 is 10.6 Å². The van der Waals surface area contributed by atoms with Crippen molar-refractivity contribution < 1.29 is 0 Å². The van der Waals surface area contributed by atoms with E-state index in [1.54, 1.807) is 0 Å². The monoisotopic (exact) mass is 278 g/mol. The minimum Gasteiger partial charge on any atom is -0.385 e. The number of benzene rings is 2. The third kappa shape index (κ3) is 2.68. The van der Waals surface area contributed by atoms with E-state index in [1.165, 1.54) is 36.3 Å². The highest BCUT2D eigenvalue weighted by atomic mass is 15.0. The Kier molecular flexibility index (Phi) is 3.40. The molecule has 2 atom stereocenters. The molecule has 2 aromatic rings. The standard InChI is InChI=1S/C19H22N2/c1-2-5-14(6-3-1)15-7-4-8-16(11-15)21-10-9-17-18-12-20-13-19(17)18/h1-8,11,17-21H,9-10,12-13H2. The van der Waals surface area contributed by atoms with Crippen molar-refractivity contribution in [1.82, 2.24) is 5.32 Å². The fourth-order valence-corrected chi connectivity index (χ4v) is 3.80. The van der Waals surface area contributed by atoms with Crippen LogP contribution in [-0.4, -0.2) is 19.6 Å². The summed E-state index contributed by atoms with van der Waals surface area (Å²) in [6.07, 6.45) is 1.31. The second kappa shape index (κ2) is 5.53. The van der Waals surface area contributed by atoms with Gasteiger partial charge in [0.1, 0.15) is 0 Å². The number of hydrogen-bond acceptors (Lipinski definition) is 2. The maximum Gasteiger partial charge on any atom is 0.0346 e. The van der Waals surface area contributed by atoms with Crippen molar-refractivity contribution >= 4 is 5.69 Å². The Bertz CT molecular complexity index is 598. The van der Waals surface area contributed by atoms with E-state index in [9.17, 15) is 0 Å². The molecule has 4 rings (SSSR count). The van der Waals surface area contributed by atoms with Crippen LogP contribution in [0.5, 0.6) is 0 Å². The van der Waals surface area contributed by atoms with Crippen molar-refractivity contribution in [3.05, 3.63) is 54.6 Å². The molecule has 0 spiro atoms. The summed E-state index contributed by atoms with van der Waals surface area (Å²) in [5.41, 5.74) is 3.80. The lowest BCUT2D eigenvalue weighted by molar-refractivity contribution is 0.572. The van der Waals surface area contributed by atoms with Gasteiger partial charge in [-0.1, -0.05) is 42.5 Å². The van der Waals surface area contributed by atoms with Gasteiger partial charge in [-0.25, -0.2) is 0 Å². The molecule has 2 aliphatic rings. The van der Waals surface area contributed by atoms with E-state index in [4.69, 9.17) is 0 Å². The van der Waals surface area contributed by atoms with Crippen LogP contribution in [0, 0.1) is 17.8 Å². The van der Waals surface area contributed by atoms with Crippen molar-refractivity contribution in [2.45, 2.75) is 6.42 Å². The molecule has 0 aromatic heterocycles. The zero-order valence-corrected chi connectivity index (χ0v) is 12.3. The maximum atomic E-state index is 3.60. The summed E-state index contributed by atoms with van der Waals surface area (Å²) in [5.74, 6) is 2.92. The van der Waals surface area contributed by atoms with Crippen LogP contribution in [0.3, 0.4) is 0 Å². The number of nitrogens with one attached hydrogen (secondary N) is 2. The number of rotatable bonds is 5. The first-order valence-electron chi connectivity index (χ1n) is 8.02.